The summed E-state index contributed by atoms with van der Waals surface area (Å²) in [6, 6.07) is 6.63. The normalized spacial score (nSPS) is 11.1. The molecule has 0 amide bonds. The zero-order valence-corrected chi connectivity index (χ0v) is 13.4. The van der Waals surface area contributed by atoms with Gasteiger partial charge in [0.25, 0.3) is 0 Å². The molecule has 0 aliphatic rings. The van der Waals surface area contributed by atoms with Crippen LogP contribution in [-0.2, 0) is 6.54 Å². The fraction of sp³-hybridized carbons (Fsp3) is 0.647. The van der Waals surface area contributed by atoms with Gasteiger partial charge in [0, 0.05) is 25.3 Å². The van der Waals surface area contributed by atoms with E-state index in [0.717, 1.165) is 26.1 Å². The van der Waals surface area contributed by atoms with Crippen molar-refractivity contribution in [2.75, 3.05) is 31.1 Å². The summed E-state index contributed by atoms with van der Waals surface area (Å²) in [6.45, 7) is 12.6. The minimum atomic E-state index is 0.205. The van der Waals surface area contributed by atoms with E-state index in [2.05, 4.69) is 56.1 Å². The maximum Gasteiger partial charge on any atom is 0.0606 e. The lowest BCUT2D eigenvalue weighted by atomic mass is 10.1. The van der Waals surface area contributed by atoms with Gasteiger partial charge in [0.1, 0.15) is 0 Å². The van der Waals surface area contributed by atoms with Crippen molar-refractivity contribution in [3.63, 3.8) is 0 Å². The predicted molar refractivity (Wildman–Crippen MR) is 87.3 cm³/mol. The third-order valence-corrected chi connectivity index (χ3v) is 3.35. The summed E-state index contributed by atoms with van der Waals surface area (Å²) < 4.78 is 0. The summed E-state index contributed by atoms with van der Waals surface area (Å²) >= 11 is 0. The molecule has 0 fully saturated rings. The Balaban J connectivity index is 2.70. The monoisotopic (exact) mass is 278 g/mol. The first kappa shape index (κ1) is 17.0. The van der Waals surface area contributed by atoms with Crippen molar-refractivity contribution >= 4 is 5.69 Å². The zero-order valence-electron chi connectivity index (χ0n) is 13.4. The van der Waals surface area contributed by atoms with Gasteiger partial charge in [-0.05, 0) is 43.0 Å². The molecule has 0 aliphatic heterocycles. The van der Waals surface area contributed by atoms with Crippen LogP contribution in [0.15, 0.2) is 18.2 Å². The van der Waals surface area contributed by atoms with Crippen LogP contribution < -0.4 is 10.2 Å². The fourth-order valence-electron chi connectivity index (χ4n) is 2.43. The Kier molecular flexibility index (Phi) is 7.63. The first-order valence-corrected chi connectivity index (χ1v) is 7.74. The van der Waals surface area contributed by atoms with Gasteiger partial charge < -0.3 is 15.3 Å². The van der Waals surface area contributed by atoms with E-state index < -0.39 is 0 Å². The number of benzene rings is 1. The lowest BCUT2D eigenvalue weighted by Crippen LogP contribution is -2.28. The summed E-state index contributed by atoms with van der Waals surface area (Å²) in [7, 11) is 0. The van der Waals surface area contributed by atoms with Crippen LogP contribution in [-0.4, -0.2) is 31.3 Å². The van der Waals surface area contributed by atoms with Crippen molar-refractivity contribution in [1.82, 2.24) is 5.32 Å². The van der Waals surface area contributed by atoms with Crippen molar-refractivity contribution in [3.8, 4) is 0 Å². The van der Waals surface area contributed by atoms with Gasteiger partial charge in [-0.25, -0.2) is 0 Å². The number of aryl methyl sites for hydroxylation is 1. The number of nitrogens with one attached hydrogen (secondary N) is 1. The standard InChI is InChI=1S/C17H30N2O/c1-5-8-19(9-10-20)17-7-6-16(11-15(17)4)13-18-12-14(2)3/h6-7,11,14,18,20H,5,8-10,12-13H2,1-4H3. The highest BCUT2D eigenvalue weighted by atomic mass is 16.3. The molecule has 1 rings (SSSR count). The quantitative estimate of drug-likeness (QED) is 0.729. The van der Waals surface area contributed by atoms with Gasteiger partial charge in [0.15, 0.2) is 0 Å². The highest BCUT2D eigenvalue weighted by Gasteiger charge is 2.08. The molecular formula is C17H30N2O. The average molecular weight is 278 g/mol. The molecule has 0 unspecified atom stereocenters. The van der Waals surface area contributed by atoms with Crippen LogP contribution in [0.3, 0.4) is 0 Å². The van der Waals surface area contributed by atoms with Crippen LogP contribution >= 0.6 is 0 Å². The first-order chi connectivity index (χ1) is 9.58. The lowest BCUT2D eigenvalue weighted by Gasteiger charge is -2.25. The molecule has 3 heteroatoms. The predicted octanol–water partition coefficient (Wildman–Crippen LogP) is 2.95. The molecule has 0 saturated carbocycles. The summed E-state index contributed by atoms with van der Waals surface area (Å²) in [4.78, 5) is 2.26. The first-order valence-electron chi connectivity index (χ1n) is 7.74. The molecular weight excluding hydrogens is 248 g/mol. The highest BCUT2D eigenvalue weighted by molar-refractivity contribution is 5.54. The van der Waals surface area contributed by atoms with Gasteiger partial charge in [-0.1, -0.05) is 32.9 Å². The average Bonchev–Trinajstić information content (AvgIpc) is 2.38. The number of hydrogen-bond donors (Lipinski definition) is 2. The maximum atomic E-state index is 9.19. The molecule has 0 radical (unpaired) electrons. The Labute approximate surface area is 124 Å². The van der Waals surface area contributed by atoms with E-state index in [1.54, 1.807) is 0 Å². The van der Waals surface area contributed by atoms with E-state index in [4.69, 9.17) is 0 Å². The largest absolute Gasteiger partial charge is 0.395 e. The molecule has 0 aliphatic carbocycles. The van der Waals surface area contributed by atoms with Gasteiger partial charge in [-0.15, -0.1) is 0 Å². The van der Waals surface area contributed by atoms with E-state index in [-0.39, 0.29) is 6.61 Å². The fourth-order valence-corrected chi connectivity index (χ4v) is 2.43. The number of nitrogens with zero attached hydrogens (tertiary/aromatic N) is 1. The van der Waals surface area contributed by atoms with Crippen LogP contribution in [0, 0.1) is 12.8 Å². The molecule has 3 nitrogen and oxygen atoms in total. The minimum Gasteiger partial charge on any atom is -0.395 e. The number of rotatable bonds is 9. The number of aliphatic hydroxyl groups is 1. The second-order valence-electron chi connectivity index (χ2n) is 5.86. The van der Waals surface area contributed by atoms with Gasteiger partial charge >= 0.3 is 0 Å². The summed E-state index contributed by atoms with van der Waals surface area (Å²) in [5, 5.41) is 12.7. The number of hydrogen-bond acceptors (Lipinski definition) is 3. The number of aliphatic hydroxyl groups excluding tert-OH is 1. The van der Waals surface area contributed by atoms with Crippen molar-refractivity contribution < 1.29 is 5.11 Å². The Morgan fingerprint density at radius 1 is 1.25 bits per heavy atom. The Morgan fingerprint density at radius 2 is 2.00 bits per heavy atom. The van der Waals surface area contributed by atoms with Crippen molar-refractivity contribution in [2.45, 2.75) is 40.7 Å². The molecule has 0 heterocycles. The summed E-state index contributed by atoms with van der Waals surface area (Å²) in [6.07, 6.45) is 1.09. The van der Waals surface area contributed by atoms with Crippen LogP contribution in [0.5, 0.6) is 0 Å². The van der Waals surface area contributed by atoms with Gasteiger partial charge in [0.05, 0.1) is 6.61 Å². The molecule has 1 aromatic carbocycles. The maximum absolute atomic E-state index is 9.19. The minimum absolute atomic E-state index is 0.205. The molecule has 0 saturated heterocycles. The van der Waals surface area contributed by atoms with Crippen molar-refractivity contribution in [1.29, 1.82) is 0 Å². The molecule has 0 atom stereocenters. The third kappa shape index (κ3) is 5.51. The second kappa shape index (κ2) is 8.98. The molecule has 0 bridgehead atoms. The van der Waals surface area contributed by atoms with Gasteiger partial charge in [-0.2, -0.15) is 0 Å². The van der Waals surface area contributed by atoms with E-state index in [1.807, 2.05) is 0 Å². The molecule has 0 spiro atoms. The molecule has 20 heavy (non-hydrogen) atoms. The van der Waals surface area contributed by atoms with Gasteiger partial charge in [-0.3, -0.25) is 0 Å². The van der Waals surface area contributed by atoms with Crippen molar-refractivity contribution in [3.05, 3.63) is 29.3 Å². The Hall–Kier alpha value is -1.06. The smallest absolute Gasteiger partial charge is 0.0606 e. The molecule has 2 N–H and O–H groups in total. The van der Waals surface area contributed by atoms with Gasteiger partial charge in [0.2, 0.25) is 0 Å². The van der Waals surface area contributed by atoms with E-state index in [9.17, 15) is 5.11 Å². The van der Waals surface area contributed by atoms with Crippen LogP contribution in [0.25, 0.3) is 0 Å². The highest BCUT2D eigenvalue weighted by Crippen LogP contribution is 2.21. The van der Waals surface area contributed by atoms with Crippen LogP contribution in [0.1, 0.15) is 38.3 Å². The summed E-state index contributed by atoms with van der Waals surface area (Å²) in [5.74, 6) is 0.681. The Morgan fingerprint density at radius 3 is 2.55 bits per heavy atom. The van der Waals surface area contributed by atoms with E-state index in [0.29, 0.717) is 12.5 Å². The number of anilines is 1. The van der Waals surface area contributed by atoms with E-state index in [1.165, 1.54) is 16.8 Å². The van der Waals surface area contributed by atoms with Crippen molar-refractivity contribution in [2.24, 2.45) is 5.92 Å². The van der Waals surface area contributed by atoms with Crippen LogP contribution in [0.2, 0.25) is 0 Å². The second-order valence-corrected chi connectivity index (χ2v) is 5.86. The topological polar surface area (TPSA) is 35.5 Å². The molecule has 114 valence electrons. The summed E-state index contributed by atoms with van der Waals surface area (Å²) in [5.41, 5.74) is 3.86. The van der Waals surface area contributed by atoms with E-state index >= 15 is 0 Å². The molecule has 0 aromatic heterocycles. The Bertz CT molecular complexity index is 385. The molecule has 1 aromatic rings. The lowest BCUT2D eigenvalue weighted by molar-refractivity contribution is 0.302. The third-order valence-electron chi connectivity index (χ3n) is 3.35. The zero-order chi connectivity index (χ0) is 15.0. The SMILES string of the molecule is CCCN(CCO)c1ccc(CNCC(C)C)cc1C. The van der Waals surface area contributed by atoms with Crippen LogP contribution in [0.4, 0.5) is 5.69 Å².